The lowest BCUT2D eigenvalue weighted by atomic mass is 9.69. The van der Waals surface area contributed by atoms with E-state index in [4.69, 9.17) is 9.97 Å². The Morgan fingerprint density at radius 2 is 0.738 bits per heavy atom. The van der Waals surface area contributed by atoms with E-state index in [2.05, 4.69) is 182 Å². The van der Waals surface area contributed by atoms with Crippen LogP contribution in [0.4, 0.5) is 0 Å². The van der Waals surface area contributed by atoms with Crippen molar-refractivity contribution in [1.29, 1.82) is 0 Å². The standard InChI is InChI=1S/C59H34N2/c1-4-26-49-43(19-1)44-20-2-5-27-50(44)59(49)51-28-6-3-21-46(51)56-52(59)34-48-45-24-7-13-35-14-8-25-47(53(35)45)55(48)54(56)40-32-38(41-22-9-15-36-17-11-29-60-57(36)41)31-39(33-40)42-23-10-16-37-18-12-30-61-58(37)42/h1-34H. The zero-order valence-electron chi connectivity index (χ0n) is 33.0. The minimum atomic E-state index is -0.495. The molecule has 61 heavy (non-hydrogen) atoms. The number of pyridine rings is 2. The fourth-order valence-corrected chi connectivity index (χ4v) is 11.6. The summed E-state index contributed by atoms with van der Waals surface area (Å²) in [7, 11) is 0. The summed E-state index contributed by atoms with van der Waals surface area (Å²) in [5, 5.41) is 4.84. The Bertz CT molecular complexity index is 3560. The first-order chi connectivity index (χ1) is 30.3. The fourth-order valence-electron chi connectivity index (χ4n) is 11.6. The quantitative estimate of drug-likeness (QED) is 0.179. The highest BCUT2D eigenvalue weighted by molar-refractivity contribution is 6.21. The zero-order chi connectivity index (χ0) is 39.8. The molecule has 3 aliphatic rings. The van der Waals surface area contributed by atoms with Crippen molar-refractivity contribution < 1.29 is 0 Å². The Labute approximate surface area is 353 Å². The van der Waals surface area contributed by atoms with E-state index in [9.17, 15) is 0 Å². The summed E-state index contributed by atoms with van der Waals surface area (Å²) >= 11 is 0. The summed E-state index contributed by atoms with van der Waals surface area (Å²) < 4.78 is 0. The third-order valence-corrected chi connectivity index (χ3v) is 13.9. The van der Waals surface area contributed by atoms with E-state index in [-0.39, 0.29) is 0 Å². The molecule has 1 spiro atoms. The van der Waals surface area contributed by atoms with Crippen LogP contribution in [0.2, 0.25) is 0 Å². The highest BCUT2D eigenvalue weighted by Gasteiger charge is 2.53. The van der Waals surface area contributed by atoms with Crippen LogP contribution < -0.4 is 0 Å². The Morgan fingerprint density at radius 1 is 0.279 bits per heavy atom. The third-order valence-electron chi connectivity index (χ3n) is 13.9. The molecule has 2 nitrogen and oxygen atoms in total. The second-order valence-electron chi connectivity index (χ2n) is 16.8. The van der Waals surface area contributed by atoms with Crippen LogP contribution in [0.5, 0.6) is 0 Å². The van der Waals surface area contributed by atoms with Crippen LogP contribution in [-0.2, 0) is 5.41 Å². The maximum Gasteiger partial charge on any atom is 0.0780 e. The molecule has 0 saturated carbocycles. The van der Waals surface area contributed by atoms with Gasteiger partial charge in [0.2, 0.25) is 0 Å². The summed E-state index contributed by atoms with van der Waals surface area (Å²) in [6.07, 6.45) is 3.82. The number of aromatic nitrogens is 2. The molecule has 2 heterocycles. The van der Waals surface area contributed by atoms with Gasteiger partial charge in [-0.2, -0.15) is 0 Å². The van der Waals surface area contributed by atoms with Gasteiger partial charge in [0.05, 0.1) is 16.4 Å². The van der Waals surface area contributed by atoms with E-state index in [1.807, 2.05) is 24.5 Å². The summed E-state index contributed by atoms with van der Waals surface area (Å²) in [6.45, 7) is 0. The lowest BCUT2D eigenvalue weighted by Gasteiger charge is -2.31. The molecule has 14 rings (SSSR count). The van der Waals surface area contributed by atoms with Gasteiger partial charge in [0.15, 0.2) is 0 Å². The van der Waals surface area contributed by atoms with Crippen LogP contribution in [0.3, 0.4) is 0 Å². The molecule has 2 aromatic heterocycles. The molecule has 0 atom stereocenters. The molecule has 0 bridgehead atoms. The molecular formula is C59H34N2. The molecular weight excluding hydrogens is 737 g/mol. The predicted molar refractivity (Wildman–Crippen MR) is 252 cm³/mol. The van der Waals surface area contributed by atoms with E-state index >= 15 is 0 Å². The van der Waals surface area contributed by atoms with Crippen molar-refractivity contribution >= 4 is 32.6 Å². The number of fused-ring (bicyclic) bond motifs is 15. The van der Waals surface area contributed by atoms with Gasteiger partial charge in [-0.15, -0.1) is 0 Å². The van der Waals surface area contributed by atoms with Gasteiger partial charge in [0.1, 0.15) is 0 Å². The SMILES string of the molecule is c1ccc2c(c1)-c1ccccc1C21c2ccccc2-c2c1cc1c(c2-c2cc(-c3cccc4cccnc34)cc(-c3cccc4cccnc34)c2)-c2cccc3cccc-1c23. The number of hydrogen-bond donors (Lipinski definition) is 0. The van der Waals surface area contributed by atoms with Crippen molar-refractivity contribution in [3.63, 3.8) is 0 Å². The fraction of sp³-hybridized carbons (Fsp3) is 0.0169. The summed E-state index contributed by atoms with van der Waals surface area (Å²) in [5.74, 6) is 0. The van der Waals surface area contributed by atoms with Gasteiger partial charge >= 0.3 is 0 Å². The lowest BCUT2D eigenvalue weighted by Crippen LogP contribution is -2.26. The van der Waals surface area contributed by atoms with E-state index in [1.165, 1.54) is 88.7 Å². The van der Waals surface area contributed by atoms with Crippen molar-refractivity contribution in [1.82, 2.24) is 9.97 Å². The van der Waals surface area contributed by atoms with Gasteiger partial charge in [0, 0.05) is 34.3 Å². The summed E-state index contributed by atoms with van der Waals surface area (Å²) in [4.78, 5) is 9.98. The predicted octanol–water partition coefficient (Wildman–Crippen LogP) is 14.9. The first-order valence-corrected chi connectivity index (χ1v) is 21.1. The van der Waals surface area contributed by atoms with Crippen LogP contribution >= 0.6 is 0 Å². The van der Waals surface area contributed by atoms with E-state index in [1.54, 1.807) is 0 Å². The lowest BCUT2D eigenvalue weighted by molar-refractivity contribution is 0.794. The van der Waals surface area contributed by atoms with Crippen LogP contribution in [0.25, 0.3) is 110 Å². The number of benzene rings is 9. The molecule has 0 N–H and O–H groups in total. The van der Waals surface area contributed by atoms with Gasteiger partial charge in [0.25, 0.3) is 0 Å². The minimum Gasteiger partial charge on any atom is -0.256 e. The molecule has 0 aliphatic heterocycles. The van der Waals surface area contributed by atoms with Gasteiger partial charge in [-0.1, -0.05) is 158 Å². The average molecular weight is 771 g/mol. The molecule has 11 aromatic rings. The van der Waals surface area contributed by atoms with E-state index in [0.717, 1.165) is 44.1 Å². The van der Waals surface area contributed by atoms with Crippen LogP contribution in [0.1, 0.15) is 22.3 Å². The van der Waals surface area contributed by atoms with E-state index in [0.29, 0.717) is 0 Å². The van der Waals surface area contributed by atoms with Crippen molar-refractivity contribution in [3.05, 3.63) is 229 Å². The smallest absolute Gasteiger partial charge is 0.0780 e. The molecule has 3 aliphatic carbocycles. The monoisotopic (exact) mass is 770 g/mol. The topological polar surface area (TPSA) is 25.8 Å². The molecule has 0 radical (unpaired) electrons. The number of hydrogen-bond acceptors (Lipinski definition) is 2. The maximum absolute atomic E-state index is 4.99. The number of nitrogens with zero attached hydrogens (tertiary/aromatic N) is 2. The van der Waals surface area contributed by atoms with Gasteiger partial charge in [-0.05, 0) is 136 Å². The Morgan fingerprint density at radius 3 is 1.34 bits per heavy atom. The molecule has 2 heteroatoms. The molecule has 0 amide bonds. The largest absolute Gasteiger partial charge is 0.256 e. The van der Waals surface area contributed by atoms with Gasteiger partial charge in [-0.3, -0.25) is 9.97 Å². The van der Waals surface area contributed by atoms with Gasteiger partial charge < -0.3 is 0 Å². The molecule has 280 valence electrons. The maximum atomic E-state index is 4.99. The van der Waals surface area contributed by atoms with Crippen molar-refractivity contribution in [2.75, 3.05) is 0 Å². The highest BCUT2D eigenvalue weighted by Crippen LogP contribution is 2.67. The summed E-state index contributed by atoms with van der Waals surface area (Å²) in [6, 6.07) is 72.4. The average Bonchev–Trinajstić information content (AvgIpc) is 3.93. The van der Waals surface area contributed by atoms with Crippen molar-refractivity contribution in [2.24, 2.45) is 0 Å². The number of para-hydroxylation sites is 2. The van der Waals surface area contributed by atoms with Crippen LogP contribution in [0, 0.1) is 0 Å². The normalized spacial score (nSPS) is 13.4. The molecule has 0 unspecified atom stereocenters. The van der Waals surface area contributed by atoms with Gasteiger partial charge in [-0.25, -0.2) is 0 Å². The van der Waals surface area contributed by atoms with Crippen LogP contribution in [-0.4, -0.2) is 9.97 Å². The molecule has 0 fully saturated rings. The van der Waals surface area contributed by atoms with Crippen LogP contribution in [0.15, 0.2) is 207 Å². The third kappa shape index (κ3) is 4.26. The van der Waals surface area contributed by atoms with Crippen molar-refractivity contribution in [2.45, 2.75) is 5.41 Å². The first-order valence-electron chi connectivity index (χ1n) is 21.1. The van der Waals surface area contributed by atoms with Crippen molar-refractivity contribution in [3.8, 4) is 77.9 Å². The zero-order valence-corrected chi connectivity index (χ0v) is 33.0. The minimum absolute atomic E-state index is 0.495. The summed E-state index contributed by atoms with van der Waals surface area (Å²) in [5.41, 5.74) is 24.2. The Hall–Kier alpha value is -7.94. The molecule has 0 saturated heterocycles. The number of rotatable bonds is 3. The first kappa shape index (κ1) is 33.0. The van der Waals surface area contributed by atoms with E-state index < -0.39 is 5.41 Å². The highest BCUT2D eigenvalue weighted by atomic mass is 14.7. The molecule has 9 aromatic carbocycles. The second kappa shape index (κ2) is 12.1. The Balaban J connectivity index is 1.18. The second-order valence-corrected chi connectivity index (χ2v) is 16.8. The Kier molecular flexibility index (Phi) is 6.52.